The zero-order valence-corrected chi connectivity index (χ0v) is 11.6. The van der Waals surface area contributed by atoms with E-state index in [4.69, 9.17) is 4.74 Å². The largest absolute Gasteiger partial charge is 0.497 e. The first-order valence-electron chi connectivity index (χ1n) is 6.46. The van der Waals surface area contributed by atoms with Gasteiger partial charge in [0.1, 0.15) is 17.9 Å². The number of ether oxygens (including phenoxy) is 1. The van der Waals surface area contributed by atoms with Gasteiger partial charge in [0, 0.05) is 18.2 Å². The predicted octanol–water partition coefficient (Wildman–Crippen LogP) is 3.15. The Morgan fingerprint density at radius 1 is 1.26 bits per heavy atom. The van der Waals surface area contributed by atoms with Crippen LogP contribution in [0.2, 0.25) is 0 Å². The number of hydrogen-bond donors (Lipinski definition) is 1. The highest BCUT2D eigenvalue weighted by atomic mass is 16.5. The van der Waals surface area contributed by atoms with Crippen molar-refractivity contribution in [2.75, 3.05) is 19.5 Å². The summed E-state index contributed by atoms with van der Waals surface area (Å²) in [6.07, 6.45) is 3.60. The number of hydrogen-bond acceptors (Lipinski definition) is 4. The molecule has 0 fully saturated rings. The van der Waals surface area contributed by atoms with Crippen LogP contribution in [-0.4, -0.2) is 24.1 Å². The van der Waals surface area contributed by atoms with Crippen molar-refractivity contribution in [1.82, 2.24) is 9.97 Å². The zero-order valence-electron chi connectivity index (χ0n) is 11.6. The van der Waals surface area contributed by atoms with Crippen molar-refractivity contribution in [1.29, 1.82) is 0 Å². The lowest BCUT2D eigenvalue weighted by molar-refractivity contribution is 0.415. The van der Waals surface area contributed by atoms with Crippen LogP contribution >= 0.6 is 0 Å². The summed E-state index contributed by atoms with van der Waals surface area (Å²) in [6, 6.07) is 7.96. The van der Waals surface area contributed by atoms with E-state index in [1.807, 2.05) is 31.3 Å². The van der Waals surface area contributed by atoms with Crippen LogP contribution in [0, 0.1) is 0 Å². The summed E-state index contributed by atoms with van der Waals surface area (Å²) in [5.74, 6) is 1.74. The van der Waals surface area contributed by atoms with E-state index in [0.29, 0.717) is 0 Å². The van der Waals surface area contributed by atoms with Crippen LogP contribution < -0.4 is 10.1 Å². The molecule has 4 nitrogen and oxygen atoms in total. The number of anilines is 1. The maximum Gasteiger partial charge on any atom is 0.132 e. The lowest BCUT2D eigenvalue weighted by atomic mass is 10.0. The van der Waals surface area contributed by atoms with E-state index in [2.05, 4.69) is 22.2 Å². The van der Waals surface area contributed by atoms with Gasteiger partial charge >= 0.3 is 0 Å². The lowest BCUT2D eigenvalue weighted by Crippen LogP contribution is -2.03. The minimum Gasteiger partial charge on any atom is -0.497 e. The Morgan fingerprint density at radius 2 is 2.11 bits per heavy atom. The Bertz CT molecular complexity index is 555. The van der Waals surface area contributed by atoms with Crippen molar-refractivity contribution in [3.05, 3.63) is 36.2 Å². The van der Waals surface area contributed by atoms with Crippen molar-refractivity contribution in [2.45, 2.75) is 19.8 Å². The molecule has 1 aromatic carbocycles. The third kappa shape index (κ3) is 2.84. The van der Waals surface area contributed by atoms with E-state index in [1.54, 1.807) is 13.4 Å². The van der Waals surface area contributed by atoms with Crippen molar-refractivity contribution < 1.29 is 4.74 Å². The van der Waals surface area contributed by atoms with E-state index in [-0.39, 0.29) is 0 Å². The Hall–Kier alpha value is -2.10. The van der Waals surface area contributed by atoms with Gasteiger partial charge in [-0.25, -0.2) is 9.97 Å². The molecule has 0 aliphatic heterocycles. The third-order valence-electron chi connectivity index (χ3n) is 3.03. The Labute approximate surface area is 113 Å². The van der Waals surface area contributed by atoms with Crippen LogP contribution in [0.25, 0.3) is 11.3 Å². The number of rotatable bonds is 5. The molecule has 0 aliphatic carbocycles. The highest BCUT2D eigenvalue weighted by molar-refractivity contribution is 5.69. The molecule has 0 saturated carbocycles. The minimum atomic E-state index is 0.838. The van der Waals surface area contributed by atoms with E-state index >= 15 is 0 Å². The van der Waals surface area contributed by atoms with E-state index in [0.717, 1.165) is 41.2 Å². The van der Waals surface area contributed by atoms with Crippen LogP contribution in [-0.2, 0) is 6.42 Å². The van der Waals surface area contributed by atoms with Gasteiger partial charge in [-0.2, -0.15) is 0 Å². The standard InChI is InChI=1S/C15H19N3O/c1-4-6-13-14(17-10-18-15(13)16-2)11-7-5-8-12(9-11)19-3/h5,7-10H,4,6H2,1-3H3,(H,16,17,18). The molecule has 2 rings (SSSR count). The molecule has 4 heteroatoms. The number of nitrogens with one attached hydrogen (secondary N) is 1. The van der Waals surface area contributed by atoms with Gasteiger partial charge in [-0.1, -0.05) is 25.5 Å². The summed E-state index contributed by atoms with van der Waals surface area (Å²) in [6.45, 7) is 2.15. The Morgan fingerprint density at radius 3 is 2.79 bits per heavy atom. The van der Waals surface area contributed by atoms with E-state index in [9.17, 15) is 0 Å². The Balaban J connectivity index is 2.53. The van der Waals surface area contributed by atoms with Crippen molar-refractivity contribution >= 4 is 5.82 Å². The molecule has 0 aliphatic rings. The molecular formula is C15H19N3O. The molecular weight excluding hydrogens is 238 g/mol. The van der Waals surface area contributed by atoms with Gasteiger partial charge in [0.15, 0.2) is 0 Å². The quantitative estimate of drug-likeness (QED) is 0.893. The minimum absolute atomic E-state index is 0.838. The molecule has 1 N–H and O–H groups in total. The van der Waals surface area contributed by atoms with Crippen molar-refractivity contribution in [2.24, 2.45) is 0 Å². The maximum atomic E-state index is 5.27. The molecule has 0 bridgehead atoms. The number of nitrogens with zero attached hydrogens (tertiary/aromatic N) is 2. The fraction of sp³-hybridized carbons (Fsp3) is 0.333. The third-order valence-corrected chi connectivity index (χ3v) is 3.03. The zero-order chi connectivity index (χ0) is 13.7. The van der Waals surface area contributed by atoms with E-state index < -0.39 is 0 Å². The molecule has 19 heavy (non-hydrogen) atoms. The fourth-order valence-electron chi connectivity index (χ4n) is 2.13. The highest BCUT2D eigenvalue weighted by Gasteiger charge is 2.12. The Kier molecular flexibility index (Phi) is 4.34. The molecule has 2 aromatic rings. The molecule has 0 spiro atoms. The summed E-state index contributed by atoms with van der Waals surface area (Å²) >= 11 is 0. The van der Waals surface area contributed by atoms with Crippen LogP contribution in [0.4, 0.5) is 5.82 Å². The maximum absolute atomic E-state index is 5.27. The second kappa shape index (κ2) is 6.18. The van der Waals surface area contributed by atoms with Crippen LogP contribution in [0.15, 0.2) is 30.6 Å². The summed E-state index contributed by atoms with van der Waals surface area (Å²) in [7, 11) is 3.56. The van der Waals surface area contributed by atoms with Crippen LogP contribution in [0.3, 0.4) is 0 Å². The average Bonchev–Trinajstić information content (AvgIpc) is 2.48. The summed E-state index contributed by atoms with van der Waals surface area (Å²) in [5.41, 5.74) is 3.18. The molecule has 0 saturated heterocycles. The topological polar surface area (TPSA) is 47.0 Å². The van der Waals surface area contributed by atoms with Gasteiger partial charge in [-0.05, 0) is 18.6 Å². The van der Waals surface area contributed by atoms with Crippen LogP contribution in [0.5, 0.6) is 5.75 Å². The van der Waals surface area contributed by atoms with Gasteiger partial charge in [-0.15, -0.1) is 0 Å². The number of benzene rings is 1. The molecule has 0 radical (unpaired) electrons. The summed E-state index contributed by atoms with van der Waals surface area (Å²) < 4.78 is 5.27. The summed E-state index contributed by atoms with van der Waals surface area (Å²) in [4.78, 5) is 8.74. The molecule has 0 amide bonds. The first-order chi connectivity index (χ1) is 9.30. The van der Waals surface area contributed by atoms with E-state index in [1.165, 1.54) is 0 Å². The SMILES string of the molecule is CCCc1c(NC)ncnc1-c1cccc(OC)c1. The van der Waals surface area contributed by atoms with Gasteiger partial charge in [0.25, 0.3) is 0 Å². The second-order valence-corrected chi connectivity index (χ2v) is 4.28. The molecule has 100 valence electrons. The molecule has 1 aromatic heterocycles. The van der Waals surface area contributed by atoms with Crippen molar-refractivity contribution in [3.8, 4) is 17.0 Å². The molecule has 0 atom stereocenters. The monoisotopic (exact) mass is 257 g/mol. The van der Waals surface area contributed by atoms with Crippen molar-refractivity contribution in [3.63, 3.8) is 0 Å². The molecule has 1 heterocycles. The predicted molar refractivity (Wildman–Crippen MR) is 77.6 cm³/mol. The summed E-state index contributed by atoms with van der Waals surface area (Å²) in [5, 5.41) is 3.14. The fourth-order valence-corrected chi connectivity index (χ4v) is 2.13. The normalized spacial score (nSPS) is 10.3. The first-order valence-corrected chi connectivity index (χ1v) is 6.46. The molecule has 0 unspecified atom stereocenters. The van der Waals surface area contributed by atoms with Crippen LogP contribution in [0.1, 0.15) is 18.9 Å². The smallest absolute Gasteiger partial charge is 0.132 e. The van der Waals surface area contributed by atoms with Gasteiger partial charge in [-0.3, -0.25) is 0 Å². The van der Waals surface area contributed by atoms with Gasteiger partial charge < -0.3 is 10.1 Å². The average molecular weight is 257 g/mol. The second-order valence-electron chi connectivity index (χ2n) is 4.28. The number of methoxy groups -OCH3 is 1. The highest BCUT2D eigenvalue weighted by Crippen LogP contribution is 2.28. The first kappa shape index (κ1) is 13.3. The lowest BCUT2D eigenvalue weighted by Gasteiger charge is -2.12. The number of aromatic nitrogens is 2. The van der Waals surface area contributed by atoms with Gasteiger partial charge in [0.05, 0.1) is 12.8 Å². The van der Waals surface area contributed by atoms with Gasteiger partial charge in [0.2, 0.25) is 0 Å².